The largest absolute Gasteiger partial charge is 0.480 e. The maximum Gasteiger partial charge on any atom is 0.316 e. The number of aliphatic carboxylic acids is 1. The van der Waals surface area contributed by atoms with E-state index in [1.54, 1.807) is 0 Å². The van der Waals surface area contributed by atoms with Crippen molar-refractivity contribution in [3.8, 4) is 0 Å². The van der Waals surface area contributed by atoms with Crippen molar-refractivity contribution in [1.82, 2.24) is 4.90 Å². The first kappa shape index (κ1) is 16.3. The Bertz CT molecular complexity index is 314. The predicted octanol–water partition coefficient (Wildman–Crippen LogP) is 2.62. The number of carboxylic acids is 1. The monoisotopic (exact) mass is 287 g/mol. The molecule has 5 heteroatoms. The lowest BCUT2D eigenvalue weighted by atomic mass is 9.87. The summed E-state index contributed by atoms with van der Waals surface area (Å²) in [6, 6.07) is 0.342. The summed E-state index contributed by atoms with van der Waals surface area (Å²) < 4.78 is 0. The van der Waals surface area contributed by atoms with Gasteiger partial charge in [-0.2, -0.15) is 0 Å². The second kappa shape index (κ2) is 7.78. The first-order valence-corrected chi connectivity index (χ1v) is 8.10. The summed E-state index contributed by atoms with van der Waals surface area (Å²) >= 11 is 1.24. The molecule has 1 amide bonds. The van der Waals surface area contributed by atoms with Crippen molar-refractivity contribution in [1.29, 1.82) is 0 Å². The van der Waals surface area contributed by atoms with Crippen LogP contribution >= 0.6 is 11.8 Å². The van der Waals surface area contributed by atoms with E-state index in [-0.39, 0.29) is 11.7 Å². The molecule has 0 aromatic heterocycles. The molecule has 1 atom stereocenters. The fourth-order valence-electron chi connectivity index (χ4n) is 2.47. The molecule has 1 N–H and O–H groups in total. The molecular weight excluding hydrogens is 262 g/mol. The molecule has 110 valence electrons. The van der Waals surface area contributed by atoms with Crippen LogP contribution in [0.1, 0.15) is 46.0 Å². The molecule has 1 rings (SSSR count). The van der Waals surface area contributed by atoms with E-state index in [2.05, 4.69) is 6.92 Å². The van der Waals surface area contributed by atoms with Crippen LogP contribution in [-0.2, 0) is 9.59 Å². The van der Waals surface area contributed by atoms with Crippen LogP contribution in [0.3, 0.4) is 0 Å². The standard InChI is InChI=1S/C14H25NO3S/c1-4-12(14(17)18)19-9-13(16)15(3)11-7-5-10(2)6-8-11/h10-12H,4-9H2,1-3H3,(H,17,18). The maximum atomic E-state index is 12.1. The summed E-state index contributed by atoms with van der Waals surface area (Å²) in [4.78, 5) is 24.8. The van der Waals surface area contributed by atoms with Gasteiger partial charge in [0.25, 0.3) is 0 Å². The van der Waals surface area contributed by atoms with E-state index in [0.29, 0.717) is 12.5 Å². The highest BCUT2D eigenvalue weighted by molar-refractivity contribution is 8.01. The summed E-state index contributed by atoms with van der Waals surface area (Å²) in [6.07, 6.45) is 5.07. The van der Waals surface area contributed by atoms with Gasteiger partial charge in [-0.3, -0.25) is 9.59 Å². The van der Waals surface area contributed by atoms with Crippen LogP contribution in [-0.4, -0.2) is 46.0 Å². The highest BCUT2D eigenvalue weighted by Crippen LogP contribution is 2.27. The highest BCUT2D eigenvalue weighted by Gasteiger charge is 2.25. The van der Waals surface area contributed by atoms with Crippen LogP contribution < -0.4 is 0 Å². The molecule has 1 aliphatic carbocycles. The van der Waals surface area contributed by atoms with Crippen LogP contribution in [0.25, 0.3) is 0 Å². The molecule has 19 heavy (non-hydrogen) atoms. The zero-order valence-corrected chi connectivity index (χ0v) is 12.9. The van der Waals surface area contributed by atoms with Gasteiger partial charge >= 0.3 is 5.97 Å². The Morgan fingerprint density at radius 1 is 1.32 bits per heavy atom. The Balaban J connectivity index is 2.38. The van der Waals surface area contributed by atoms with Crippen molar-refractivity contribution in [2.24, 2.45) is 5.92 Å². The van der Waals surface area contributed by atoms with E-state index in [4.69, 9.17) is 5.11 Å². The van der Waals surface area contributed by atoms with Gasteiger partial charge in [0, 0.05) is 13.1 Å². The molecular formula is C14H25NO3S. The number of amides is 1. The van der Waals surface area contributed by atoms with Crippen molar-refractivity contribution in [2.75, 3.05) is 12.8 Å². The minimum Gasteiger partial charge on any atom is -0.480 e. The lowest BCUT2D eigenvalue weighted by Gasteiger charge is -2.33. The molecule has 1 saturated carbocycles. The molecule has 0 spiro atoms. The SMILES string of the molecule is CCC(SCC(=O)N(C)C1CCC(C)CC1)C(=O)O. The van der Waals surface area contributed by atoms with Crippen LogP contribution in [0, 0.1) is 5.92 Å². The van der Waals surface area contributed by atoms with Gasteiger partial charge in [-0.15, -0.1) is 11.8 Å². The van der Waals surface area contributed by atoms with Crippen LogP contribution in [0.2, 0.25) is 0 Å². The number of carbonyl (C=O) groups is 2. The fourth-order valence-corrected chi connectivity index (χ4v) is 3.40. The molecule has 4 nitrogen and oxygen atoms in total. The minimum absolute atomic E-state index is 0.0595. The second-order valence-electron chi connectivity index (χ2n) is 5.46. The molecule has 0 aromatic rings. The molecule has 0 radical (unpaired) electrons. The van der Waals surface area contributed by atoms with Gasteiger partial charge in [-0.1, -0.05) is 13.8 Å². The van der Waals surface area contributed by atoms with Crippen molar-refractivity contribution < 1.29 is 14.7 Å². The number of carbonyl (C=O) groups excluding carboxylic acids is 1. The lowest BCUT2D eigenvalue weighted by Crippen LogP contribution is -2.40. The smallest absolute Gasteiger partial charge is 0.316 e. The molecule has 1 fully saturated rings. The van der Waals surface area contributed by atoms with Crippen molar-refractivity contribution in [3.63, 3.8) is 0 Å². The van der Waals surface area contributed by atoms with Gasteiger partial charge in [0.1, 0.15) is 5.25 Å². The number of hydrogen-bond donors (Lipinski definition) is 1. The zero-order chi connectivity index (χ0) is 14.4. The Labute approximate surface area is 119 Å². The molecule has 0 saturated heterocycles. The quantitative estimate of drug-likeness (QED) is 0.816. The maximum absolute atomic E-state index is 12.1. The second-order valence-corrected chi connectivity index (χ2v) is 6.66. The zero-order valence-electron chi connectivity index (χ0n) is 12.1. The van der Waals surface area contributed by atoms with Crippen LogP contribution in [0.4, 0.5) is 0 Å². The van der Waals surface area contributed by atoms with Crippen molar-refractivity contribution >= 4 is 23.6 Å². The summed E-state index contributed by atoms with van der Waals surface area (Å²) in [5.74, 6) is 0.275. The van der Waals surface area contributed by atoms with Crippen LogP contribution in [0.5, 0.6) is 0 Å². The summed E-state index contributed by atoms with van der Waals surface area (Å²) in [6.45, 7) is 4.09. The van der Waals surface area contributed by atoms with Crippen molar-refractivity contribution in [3.05, 3.63) is 0 Å². The van der Waals surface area contributed by atoms with Gasteiger partial charge in [0.05, 0.1) is 5.75 Å². The van der Waals surface area contributed by atoms with E-state index >= 15 is 0 Å². The van der Waals surface area contributed by atoms with E-state index in [1.807, 2.05) is 18.9 Å². The van der Waals surface area contributed by atoms with Crippen LogP contribution in [0.15, 0.2) is 0 Å². The molecule has 0 heterocycles. The van der Waals surface area contributed by atoms with E-state index in [9.17, 15) is 9.59 Å². The topological polar surface area (TPSA) is 57.6 Å². The average molecular weight is 287 g/mol. The molecule has 0 aromatic carbocycles. The third kappa shape index (κ3) is 5.05. The predicted molar refractivity (Wildman–Crippen MR) is 78.4 cm³/mol. The van der Waals surface area contributed by atoms with Gasteiger partial charge < -0.3 is 10.0 Å². The third-order valence-electron chi connectivity index (χ3n) is 3.98. The number of nitrogens with zero attached hydrogens (tertiary/aromatic N) is 1. The molecule has 0 bridgehead atoms. The summed E-state index contributed by atoms with van der Waals surface area (Å²) in [7, 11) is 1.85. The van der Waals surface area contributed by atoms with E-state index in [1.165, 1.54) is 24.6 Å². The van der Waals surface area contributed by atoms with Gasteiger partial charge in [0.15, 0.2) is 0 Å². The fraction of sp³-hybridized carbons (Fsp3) is 0.857. The Hall–Kier alpha value is -0.710. The number of thioether (sulfide) groups is 1. The first-order chi connectivity index (χ1) is 8.95. The minimum atomic E-state index is -0.825. The van der Waals surface area contributed by atoms with Gasteiger partial charge in [-0.05, 0) is 38.0 Å². The third-order valence-corrected chi connectivity index (χ3v) is 5.33. The average Bonchev–Trinajstić information content (AvgIpc) is 2.38. The van der Waals surface area contributed by atoms with E-state index < -0.39 is 11.2 Å². The molecule has 1 unspecified atom stereocenters. The van der Waals surface area contributed by atoms with Gasteiger partial charge in [-0.25, -0.2) is 0 Å². The Kier molecular flexibility index (Phi) is 6.69. The summed E-state index contributed by atoms with van der Waals surface area (Å²) in [5, 5.41) is 8.49. The highest BCUT2D eigenvalue weighted by atomic mass is 32.2. The van der Waals surface area contributed by atoms with Gasteiger partial charge in [0.2, 0.25) is 5.91 Å². The Morgan fingerprint density at radius 3 is 2.37 bits per heavy atom. The first-order valence-electron chi connectivity index (χ1n) is 7.05. The number of hydrogen-bond acceptors (Lipinski definition) is 3. The number of rotatable bonds is 6. The summed E-state index contributed by atoms with van der Waals surface area (Å²) in [5.41, 5.74) is 0. The number of carboxylic acid groups (broad SMARTS) is 1. The van der Waals surface area contributed by atoms with Crippen molar-refractivity contribution in [2.45, 2.75) is 57.2 Å². The Morgan fingerprint density at radius 2 is 1.89 bits per heavy atom. The lowest BCUT2D eigenvalue weighted by molar-refractivity contribution is -0.136. The molecule has 0 aliphatic heterocycles. The van der Waals surface area contributed by atoms with E-state index in [0.717, 1.165) is 18.8 Å². The normalized spacial score (nSPS) is 24.8. The molecule has 1 aliphatic rings.